The van der Waals surface area contributed by atoms with Crippen LogP contribution in [0.2, 0.25) is 0 Å². The molecule has 0 aromatic rings. The van der Waals surface area contributed by atoms with E-state index >= 15 is 0 Å². The molecule has 6 nitrogen and oxygen atoms in total. The fourth-order valence-electron chi connectivity index (χ4n) is 2.05. The molecule has 0 radical (unpaired) electrons. The van der Waals surface area contributed by atoms with E-state index in [1.807, 2.05) is 0 Å². The van der Waals surface area contributed by atoms with Gasteiger partial charge in [-0.05, 0) is 13.8 Å². The molecule has 19 heavy (non-hydrogen) atoms. The van der Waals surface area contributed by atoms with Gasteiger partial charge >= 0.3 is 0 Å². The molecule has 0 fully saturated rings. The molecule has 116 valence electrons. The number of hydrogen-bond acceptors (Lipinski definition) is 4. The summed E-state index contributed by atoms with van der Waals surface area (Å²) < 4.78 is 41.4. The third-order valence-corrected chi connectivity index (χ3v) is 4.32. The third kappa shape index (κ3) is 9.34. The van der Waals surface area contributed by atoms with Crippen molar-refractivity contribution in [3.05, 3.63) is 0 Å². The van der Waals surface area contributed by atoms with Crippen LogP contribution in [0.3, 0.4) is 0 Å². The minimum absolute atomic E-state index is 0.169. The maximum atomic E-state index is 10.7. The Bertz CT molecular complexity index is 314. The van der Waals surface area contributed by atoms with E-state index in [-0.39, 0.29) is 5.75 Å². The highest BCUT2D eigenvalue weighted by molar-refractivity contribution is 7.85. The van der Waals surface area contributed by atoms with E-state index in [1.54, 1.807) is 7.11 Å². The Morgan fingerprint density at radius 2 is 1.68 bits per heavy atom. The lowest BCUT2D eigenvalue weighted by atomic mass is 10.3. The lowest BCUT2D eigenvalue weighted by Gasteiger charge is -2.36. The van der Waals surface area contributed by atoms with Crippen molar-refractivity contribution in [1.82, 2.24) is 0 Å². The van der Waals surface area contributed by atoms with Crippen LogP contribution in [-0.4, -0.2) is 76.3 Å². The van der Waals surface area contributed by atoms with E-state index in [4.69, 9.17) is 14.0 Å². The summed E-state index contributed by atoms with van der Waals surface area (Å²) >= 11 is 0. The maximum Gasteiger partial charge on any atom is 0.265 e. The van der Waals surface area contributed by atoms with E-state index in [0.717, 1.165) is 30.7 Å². The van der Waals surface area contributed by atoms with Crippen LogP contribution in [0.1, 0.15) is 20.3 Å². The predicted molar refractivity (Wildman–Crippen MR) is 74.8 cm³/mol. The maximum absolute atomic E-state index is 10.7. The van der Waals surface area contributed by atoms with Gasteiger partial charge in [0.2, 0.25) is 0 Å². The Labute approximate surface area is 117 Å². The van der Waals surface area contributed by atoms with Gasteiger partial charge in [-0.15, -0.1) is 0 Å². The predicted octanol–water partition coefficient (Wildman–Crippen LogP) is 0.784. The minimum Gasteiger partial charge on any atom is -0.382 e. The molecule has 0 rings (SSSR count). The lowest BCUT2D eigenvalue weighted by Crippen LogP contribution is -2.50. The Hall–Kier alpha value is -0.210. The molecule has 0 aromatic carbocycles. The van der Waals surface area contributed by atoms with Gasteiger partial charge in [0, 0.05) is 13.5 Å². The summed E-state index contributed by atoms with van der Waals surface area (Å²) in [4.78, 5) is 0. The van der Waals surface area contributed by atoms with Gasteiger partial charge in [-0.25, -0.2) is 0 Å². The van der Waals surface area contributed by atoms with Gasteiger partial charge in [-0.2, -0.15) is 8.42 Å². The van der Waals surface area contributed by atoms with Crippen molar-refractivity contribution in [2.45, 2.75) is 20.3 Å². The average Bonchev–Trinajstić information content (AvgIpc) is 2.35. The molecule has 0 aromatic heterocycles. The molecule has 0 saturated carbocycles. The number of hydrogen-bond donors (Lipinski definition) is 1. The van der Waals surface area contributed by atoms with E-state index < -0.39 is 10.1 Å². The van der Waals surface area contributed by atoms with Gasteiger partial charge in [0.25, 0.3) is 10.1 Å². The second-order valence-corrected chi connectivity index (χ2v) is 6.24. The first-order valence-corrected chi connectivity index (χ1v) is 8.37. The van der Waals surface area contributed by atoms with E-state index in [1.165, 1.54) is 0 Å². The minimum atomic E-state index is -3.85. The van der Waals surface area contributed by atoms with Crippen LogP contribution in [-0.2, 0) is 19.6 Å². The zero-order chi connectivity index (χ0) is 14.8. The van der Waals surface area contributed by atoms with Crippen molar-refractivity contribution in [2.75, 3.05) is 58.9 Å². The molecule has 0 aliphatic carbocycles. The molecule has 0 aliphatic heterocycles. The average molecular weight is 298 g/mol. The Kier molecular flexibility index (Phi) is 9.55. The van der Waals surface area contributed by atoms with E-state index in [2.05, 4.69) is 13.8 Å². The van der Waals surface area contributed by atoms with Crippen molar-refractivity contribution in [2.24, 2.45) is 0 Å². The second kappa shape index (κ2) is 9.66. The summed E-state index contributed by atoms with van der Waals surface area (Å²) in [5.74, 6) is -0.169. The Morgan fingerprint density at radius 1 is 1.05 bits per heavy atom. The number of ether oxygens (including phenoxy) is 2. The zero-order valence-corrected chi connectivity index (χ0v) is 13.1. The fraction of sp³-hybridized carbons (Fsp3) is 1.00. The largest absolute Gasteiger partial charge is 0.382 e. The number of likely N-dealkylation sites (N-methyl/N-ethyl adjacent to an activating group) is 1. The standard InChI is InChI=1S/C12H27NO5S/c1-4-13(5-2,7-6-12-19(14,15)16)8-9-18-11-10-17-3/h4-12H2,1-3H3/p+1. The summed E-state index contributed by atoms with van der Waals surface area (Å²) in [6.07, 6.45) is 0.471. The first-order valence-electron chi connectivity index (χ1n) is 6.76. The molecular formula is C12H28NO5S+. The van der Waals surface area contributed by atoms with Crippen LogP contribution in [0.4, 0.5) is 0 Å². The molecular weight excluding hydrogens is 270 g/mol. The van der Waals surface area contributed by atoms with Gasteiger partial charge in [0.1, 0.15) is 6.54 Å². The highest BCUT2D eigenvalue weighted by Gasteiger charge is 2.23. The molecule has 0 saturated heterocycles. The summed E-state index contributed by atoms with van der Waals surface area (Å²) in [6.45, 7) is 9.42. The molecule has 0 spiro atoms. The quantitative estimate of drug-likeness (QED) is 0.327. The first-order chi connectivity index (χ1) is 8.89. The van der Waals surface area contributed by atoms with Crippen molar-refractivity contribution >= 4 is 10.1 Å². The molecule has 7 heteroatoms. The lowest BCUT2D eigenvalue weighted by molar-refractivity contribution is -0.925. The number of nitrogens with zero attached hydrogens (tertiary/aromatic N) is 1. The fourth-order valence-corrected chi connectivity index (χ4v) is 2.55. The highest BCUT2D eigenvalue weighted by Crippen LogP contribution is 2.08. The van der Waals surface area contributed by atoms with Crippen molar-refractivity contribution in [1.29, 1.82) is 0 Å². The van der Waals surface area contributed by atoms with E-state index in [0.29, 0.717) is 26.2 Å². The SMILES string of the molecule is CC[N+](CC)(CCCS(=O)(=O)O)CCOCCOC. The normalized spacial score (nSPS) is 12.8. The van der Waals surface area contributed by atoms with Gasteiger partial charge in [-0.3, -0.25) is 4.55 Å². The van der Waals surface area contributed by atoms with Gasteiger partial charge in [0.15, 0.2) is 0 Å². The summed E-state index contributed by atoms with van der Waals surface area (Å²) in [5.41, 5.74) is 0. The molecule has 0 bridgehead atoms. The van der Waals surface area contributed by atoms with Crippen LogP contribution in [0.15, 0.2) is 0 Å². The van der Waals surface area contributed by atoms with Crippen LogP contribution in [0.25, 0.3) is 0 Å². The van der Waals surface area contributed by atoms with Crippen LogP contribution >= 0.6 is 0 Å². The molecule has 0 amide bonds. The molecule has 0 unspecified atom stereocenters. The number of quaternary nitrogens is 1. The number of rotatable bonds is 12. The van der Waals surface area contributed by atoms with Gasteiger partial charge in [-0.1, -0.05) is 0 Å². The highest BCUT2D eigenvalue weighted by atomic mass is 32.2. The first kappa shape index (κ1) is 18.8. The van der Waals surface area contributed by atoms with Crippen molar-refractivity contribution < 1.29 is 26.9 Å². The monoisotopic (exact) mass is 298 g/mol. The number of methoxy groups -OCH3 is 1. The molecule has 0 heterocycles. The summed E-state index contributed by atoms with van der Waals surface area (Å²) in [5, 5.41) is 0. The molecule has 1 N–H and O–H groups in total. The topological polar surface area (TPSA) is 72.8 Å². The van der Waals surface area contributed by atoms with Crippen molar-refractivity contribution in [3.8, 4) is 0 Å². The summed E-state index contributed by atoms with van der Waals surface area (Å²) in [6, 6.07) is 0. The molecule has 0 atom stereocenters. The smallest absolute Gasteiger partial charge is 0.265 e. The van der Waals surface area contributed by atoms with Gasteiger partial charge < -0.3 is 14.0 Å². The Morgan fingerprint density at radius 3 is 2.16 bits per heavy atom. The Balaban J connectivity index is 4.10. The third-order valence-electron chi connectivity index (χ3n) is 3.52. The van der Waals surface area contributed by atoms with Crippen molar-refractivity contribution in [3.63, 3.8) is 0 Å². The van der Waals surface area contributed by atoms with Crippen LogP contribution in [0.5, 0.6) is 0 Å². The summed E-state index contributed by atoms with van der Waals surface area (Å²) in [7, 11) is -2.22. The zero-order valence-electron chi connectivity index (χ0n) is 12.3. The van der Waals surface area contributed by atoms with Gasteiger partial charge in [0.05, 0.1) is 45.2 Å². The second-order valence-electron chi connectivity index (χ2n) is 4.67. The van der Waals surface area contributed by atoms with Crippen LogP contribution < -0.4 is 0 Å². The molecule has 0 aliphatic rings. The van der Waals surface area contributed by atoms with Crippen LogP contribution in [0, 0.1) is 0 Å². The van der Waals surface area contributed by atoms with E-state index in [9.17, 15) is 8.42 Å².